The van der Waals surface area contributed by atoms with Crippen LogP contribution >= 0.6 is 24.0 Å². The van der Waals surface area contributed by atoms with Gasteiger partial charge in [0.1, 0.15) is 0 Å². The number of aliphatic imine (C=N–C) groups is 1. The molecule has 1 aliphatic rings. The van der Waals surface area contributed by atoms with Crippen molar-refractivity contribution in [1.29, 1.82) is 0 Å². The van der Waals surface area contributed by atoms with Crippen molar-refractivity contribution in [3.8, 4) is 0 Å². The smallest absolute Gasteiger partial charge is 0.308 e. The zero-order valence-electron chi connectivity index (χ0n) is 14.0. The molecule has 1 fully saturated rings. The third kappa shape index (κ3) is 5.67. The van der Waals surface area contributed by atoms with E-state index in [9.17, 15) is 4.79 Å². The van der Waals surface area contributed by atoms with Crippen molar-refractivity contribution in [3.63, 3.8) is 0 Å². The number of nitrogens with one attached hydrogen (secondary N) is 1. The van der Waals surface area contributed by atoms with Gasteiger partial charge in [-0.1, -0.05) is 29.8 Å². The quantitative estimate of drug-likeness (QED) is 0.346. The SMILES string of the molecule is CN=C(NCc1ccc(C)cc1)N1CCC(C(=O)OC)CC1.I. The topological polar surface area (TPSA) is 53.9 Å². The summed E-state index contributed by atoms with van der Waals surface area (Å²) in [5.41, 5.74) is 2.49. The van der Waals surface area contributed by atoms with E-state index < -0.39 is 0 Å². The van der Waals surface area contributed by atoms with Gasteiger partial charge in [-0.25, -0.2) is 0 Å². The van der Waals surface area contributed by atoms with Gasteiger partial charge in [-0.2, -0.15) is 0 Å². The second-order valence-corrected chi connectivity index (χ2v) is 5.67. The number of carbonyl (C=O) groups excluding carboxylic acids is 1. The van der Waals surface area contributed by atoms with Crippen molar-refractivity contribution >= 4 is 35.9 Å². The van der Waals surface area contributed by atoms with E-state index in [2.05, 4.69) is 46.4 Å². The predicted octanol–water partition coefficient (Wildman–Crippen LogP) is 2.57. The minimum Gasteiger partial charge on any atom is -0.469 e. The molecule has 5 nitrogen and oxygen atoms in total. The summed E-state index contributed by atoms with van der Waals surface area (Å²) in [6.45, 7) is 4.49. The van der Waals surface area contributed by atoms with Crippen molar-refractivity contribution in [3.05, 3.63) is 35.4 Å². The number of aryl methyl sites for hydroxylation is 1. The van der Waals surface area contributed by atoms with Crippen LogP contribution in [0.25, 0.3) is 0 Å². The molecule has 128 valence electrons. The number of rotatable bonds is 3. The summed E-state index contributed by atoms with van der Waals surface area (Å²) in [6.07, 6.45) is 1.63. The van der Waals surface area contributed by atoms with E-state index in [0.717, 1.165) is 38.4 Å². The molecule has 23 heavy (non-hydrogen) atoms. The van der Waals surface area contributed by atoms with Gasteiger partial charge in [0.15, 0.2) is 5.96 Å². The Bertz CT molecular complexity index is 523. The zero-order chi connectivity index (χ0) is 15.9. The van der Waals surface area contributed by atoms with E-state index in [-0.39, 0.29) is 35.9 Å². The fraction of sp³-hybridized carbons (Fsp3) is 0.529. The highest BCUT2D eigenvalue weighted by atomic mass is 127. The molecule has 1 heterocycles. The number of carbonyl (C=O) groups is 1. The molecule has 0 bridgehead atoms. The lowest BCUT2D eigenvalue weighted by Gasteiger charge is -2.33. The second kappa shape index (κ2) is 9.75. The number of piperidine rings is 1. The van der Waals surface area contributed by atoms with Crippen LogP contribution in [0.4, 0.5) is 0 Å². The molecule has 0 aromatic heterocycles. The van der Waals surface area contributed by atoms with Crippen molar-refractivity contribution < 1.29 is 9.53 Å². The Morgan fingerprint density at radius 1 is 1.30 bits per heavy atom. The van der Waals surface area contributed by atoms with E-state index in [1.807, 2.05) is 0 Å². The number of guanidine groups is 1. The number of ether oxygens (including phenoxy) is 1. The Kier molecular flexibility index (Phi) is 8.36. The fourth-order valence-electron chi connectivity index (χ4n) is 2.71. The van der Waals surface area contributed by atoms with E-state index >= 15 is 0 Å². The molecule has 1 saturated heterocycles. The highest BCUT2D eigenvalue weighted by Crippen LogP contribution is 2.18. The fourth-order valence-corrected chi connectivity index (χ4v) is 2.71. The van der Waals surface area contributed by atoms with Gasteiger partial charge in [-0.05, 0) is 25.3 Å². The number of benzene rings is 1. The van der Waals surface area contributed by atoms with E-state index in [1.54, 1.807) is 7.05 Å². The largest absolute Gasteiger partial charge is 0.469 e. The maximum Gasteiger partial charge on any atom is 0.308 e. The van der Waals surface area contributed by atoms with Crippen LogP contribution in [0.5, 0.6) is 0 Å². The molecule has 0 spiro atoms. The van der Waals surface area contributed by atoms with Crippen molar-refractivity contribution in [1.82, 2.24) is 10.2 Å². The summed E-state index contributed by atoms with van der Waals surface area (Å²) in [5, 5.41) is 3.39. The molecule has 0 amide bonds. The summed E-state index contributed by atoms with van der Waals surface area (Å²) in [4.78, 5) is 18.1. The maximum atomic E-state index is 11.6. The van der Waals surface area contributed by atoms with Crippen molar-refractivity contribution in [2.45, 2.75) is 26.3 Å². The average molecular weight is 431 g/mol. The number of hydrogen-bond acceptors (Lipinski definition) is 3. The predicted molar refractivity (Wildman–Crippen MR) is 103 cm³/mol. The number of nitrogens with zero attached hydrogens (tertiary/aromatic N) is 2. The zero-order valence-corrected chi connectivity index (χ0v) is 16.4. The van der Waals surface area contributed by atoms with Gasteiger partial charge in [0.2, 0.25) is 0 Å². The average Bonchev–Trinajstić information content (AvgIpc) is 2.57. The first kappa shape index (κ1) is 19.7. The first-order chi connectivity index (χ1) is 10.6. The van der Waals surface area contributed by atoms with Crippen molar-refractivity contribution in [2.75, 3.05) is 27.2 Å². The van der Waals surface area contributed by atoms with Gasteiger partial charge in [-0.3, -0.25) is 9.79 Å². The van der Waals surface area contributed by atoms with Gasteiger partial charge in [0.25, 0.3) is 0 Å². The molecule has 1 N–H and O–H groups in total. The van der Waals surface area contributed by atoms with Crippen LogP contribution in [0.3, 0.4) is 0 Å². The number of halogens is 1. The molecule has 0 saturated carbocycles. The second-order valence-electron chi connectivity index (χ2n) is 5.67. The summed E-state index contributed by atoms with van der Waals surface area (Å²) >= 11 is 0. The first-order valence-corrected chi connectivity index (χ1v) is 7.73. The maximum absolute atomic E-state index is 11.6. The Morgan fingerprint density at radius 2 is 1.91 bits per heavy atom. The number of likely N-dealkylation sites (tertiary alicyclic amines) is 1. The van der Waals surface area contributed by atoms with Crippen LogP contribution in [-0.2, 0) is 16.1 Å². The minimum atomic E-state index is -0.0951. The van der Waals surface area contributed by atoms with Crippen LogP contribution in [-0.4, -0.2) is 44.1 Å². The lowest BCUT2D eigenvalue weighted by atomic mass is 9.97. The summed E-state index contributed by atoms with van der Waals surface area (Å²) in [5.74, 6) is 0.822. The summed E-state index contributed by atoms with van der Waals surface area (Å²) in [6, 6.07) is 8.47. The van der Waals surface area contributed by atoms with Crippen LogP contribution in [0.2, 0.25) is 0 Å². The Labute approximate surface area is 155 Å². The molecule has 0 aliphatic carbocycles. The van der Waals surface area contributed by atoms with E-state index in [0.29, 0.717) is 0 Å². The Hall–Kier alpha value is -1.31. The van der Waals surface area contributed by atoms with Crippen LogP contribution in [0, 0.1) is 12.8 Å². The lowest BCUT2D eigenvalue weighted by molar-refractivity contribution is -0.146. The third-order valence-electron chi connectivity index (χ3n) is 4.11. The number of methoxy groups -OCH3 is 1. The molecule has 6 heteroatoms. The third-order valence-corrected chi connectivity index (χ3v) is 4.11. The normalized spacial score (nSPS) is 15.8. The number of hydrogen-bond donors (Lipinski definition) is 1. The summed E-state index contributed by atoms with van der Waals surface area (Å²) < 4.78 is 4.82. The lowest BCUT2D eigenvalue weighted by Crippen LogP contribution is -2.46. The summed E-state index contributed by atoms with van der Waals surface area (Å²) in [7, 11) is 3.25. The van der Waals surface area contributed by atoms with Gasteiger partial charge < -0.3 is 15.0 Å². The molecule has 0 unspecified atom stereocenters. The molecule has 1 aromatic carbocycles. The molecule has 0 atom stereocenters. The van der Waals surface area contributed by atoms with Crippen LogP contribution in [0.15, 0.2) is 29.3 Å². The Balaban J connectivity index is 0.00000264. The van der Waals surface area contributed by atoms with Gasteiger partial charge in [-0.15, -0.1) is 24.0 Å². The highest BCUT2D eigenvalue weighted by Gasteiger charge is 2.26. The Morgan fingerprint density at radius 3 is 2.43 bits per heavy atom. The first-order valence-electron chi connectivity index (χ1n) is 7.73. The van der Waals surface area contributed by atoms with Crippen LogP contribution < -0.4 is 5.32 Å². The van der Waals surface area contributed by atoms with E-state index in [4.69, 9.17) is 4.74 Å². The standard InChI is InChI=1S/C17H25N3O2.HI/c1-13-4-6-14(7-5-13)12-19-17(18-2)20-10-8-15(9-11-20)16(21)22-3;/h4-7,15H,8-12H2,1-3H3,(H,18,19);1H. The molecular weight excluding hydrogens is 405 g/mol. The van der Waals surface area contributed by atoms with Gasteiger partial charge in [0, 0.05) is 26.7 Å². The molecule has 1 aliphatic heterocycles. The highest BCUT2D eigenvalue weighted by molar-refractivity contribution is 14.0. The van der Waals surface area contributed by atoms with E-state index in [1.165, 1.54) is 18.2 Å². The van der Waals surface area contributed by atoms with Gasteiger partial charge >= 0.3 is 5.97 Å². The molecule has 2 rings (SSSR count). The van der Waals surface area contributed by atoms with Crippen molar-refractivity contribution in [2.24, 2.45) is 10.9 Å². The molecule has 1 aromatic rings. The minimum absolute atomic E-state index is 0. The number of esters is 1. The van der Waals surface area contributed by atoms with Gasteiger partial charge in [0.05, 0.1) is 13.0 Å². The molecular formula is C17H26IN3O2. The molecule has 0 radical (unpaired) electrons. The monoisotopic (exact) mass is 431 g/mol. The van der Waals surface area contributed by atoms with Crippen LogP contribution in [0.1, 0.15) is 24.0 Å².